The Labute approximate surface area is 145 Å². The van der Waals surface area contributed by atoms with Gasteiger partial charge in [0.15, 0.2) is 0 Å². The van der Waals surface area contributed by atoms with Crippen molar-refractivity contribution in [2.75, 3.05) is 6.61 Å². The summed E-state index contributed by atoms with van der Waals surface area (Å²) in [5.41, 5.74) is 1.55. The van der Waals surface area contributed by atoms with E-state index in [1.807, 2.05) is 42.5 Å². The smallest absolute Gasteiger partial charge is 0.307 e. The third-order valence-corrected chi connectivity index (χ3v) is 3.74. The van der Waals surface area contributed by atoms with Crippen LogP contribution in [0.5, 0.6) is 0 Å². The van der Waals surface area contributed by atoms with E-state index in [1.165, 1.54) is 10.9 Å². The van der Waals surface area contributed by atoms with Crippen LogP contribution in [0.1, 0.15) is 12.0 Å². The first kappa shape index (κ1) is 16.6. The van der Waals surface area contributed by atoms with Crippen LogP contribution in [0.25, 0.3) is 17.0 Å². The van der Waals surface area contributed by atoms with Gasteiger partial charge in [-0.25, -0.2) is 4.98 Å². The fraction of sp³-hybridized carbons (Fsp3) is 0.150. The third kappa shape index (κ3) is 4.41. The standard InChI is InChI=1S/C20H18N2O3/c23-19(25-14-6-9-16-7-2-1-3-8-16)12-13-22-15-21-18-11-5-4-10-17(18)20(22)24/h1-11,15H,12-14H2/b9-6+. The Kier molecular flexibility index (Phi) is 5.36. The van der Waals surface area contributed by atoms with E-state index in [0.29, 0.717) is 10.9 Å². The first-order valence-corrected chi connectivity index (χ1v) is 8.05. The van der Waals surface area contributed by atoms with Gasteiger partial charge in [0.25, 0.3) is 5.56 Å². The Hall–Kier alpha value is -3.21. The molecule has 0 radical (unpaired) electrons. The highest BCUT2D eigenvalue weighted by atomic mass is 16.5. The predicted molar refractivity (Wildman–Crippen MR) is 97.1 cm³/mol. The maximum atomic E-state index is 12.3. The third-order valence-electron chi connectivity index (χ3n) is 3.74. The van der Waals surface area contributed by atoms with E-state index in [1.54, 1.807) is 24.3 Å². The molecule has 3 aromatic rings. The minimum absolute atomic E-state index is 0.124. The zero-order chi connectivity index (χ0) is 17.5. The van der Waals surface area contributed by atoms with Gasteiger partial charge in [-0.05, 0) is 23.8 Å². The maximum Gasteiger partial charge on any atom is 0.307 e. The summed E-state index contributed by atoms with van der Waals surface area (Å²) in [6.45, 7) is 0.455. The lowest BCUT2D eigenvalue weighted by molar-refractivity contribution is -0.142. The number of para-hydroxylation sites is 1. The highest BCUT2D eigenvalue weighted by Gasteiger charge is 2.06. The summed E-state index contributed by atoms with van der Waals surface area (Å²) in [6.07, 6.45) is 5.27. The van der Waals surface area contributed by atoms with Crippen LogP contribution in [0.2, 0.25) is 0 Å². The van der Waals surface area contributed by atoms with E-state index in [2.05, 4.69) is 4.98 Å². The minimum atomic E-state index is -0.349. The van der Waals surface area contributed by atoms with Crippen LogP contribution in [0, 0.1) is 0 Å². The van der Waals surface area contributed by atoms with Gasteiger partial charge in [0.2, 0.25) is 0 Å². The van der Waals surface area contributed by atoms with Crippen LogP contribution in [-0.4, -0.2) is 22.1 Å². The van der Waals surface area contributed by atoms with E-state index >= 15 is 0 Å². The molecule has 3 rings (SSSR count). The molecule has 2 aromatic carbocycles. The average molecular weight is 334 g/mol. The summed E-state index contributed by atoms with van der Waals surface area (Å²) < 4.78 is 6.59. The van der Waals surface area contributed by atoms with Crippen molar-refractivity contribution in [3.8, 4) is 0 Å². The minimum Gasteiger partial charge on any atom is -0.461 e. The number of aromatic nitrogens is 2. The highest BCUT2D eigenvalue weighted by Crippen LogP contribution is 2.05. The second-order valence-electron chi connectivity index (χ2n) is 5.51. The zero-order valence-corrected chi connectivity index (χ0v) is 13.7. The molecule has 0 spiro atoms. The topological polar surface area (TPSA) is 61.2 Å². The lowest BCUT2D eigenvalue weighted by atomic mass is 10.2. The SMILES string of the molecule is O=C(CCn1cnc2ccccc2c1=O)OC/C=C/c1ccccc1. The summed E-state index contributed by atoms with van der Waals surface area (Å²) >= 11 is 0. The number of rotatable bonds is 6. The summed E-state index contributed by atoms with van der Waals surface area (Å²) in [5, 5.41) is 0.546. The van der Waals surface area contributed by atoms with Gasteiger partial charge >= 0.3 is 5.97 Å². The van der Waals surface area contributed by atoms with E-state index in [9.17, 15) is 9.59 Å². The first-order chi connectivity index (χ1) is 12.2. The lowest BCUT2D eigenvalue weighted by Gasteiger charge is -2.06. The molecule has 1 aromatic heterocycles. The molecule has 126 valence electrons. The van der Waals surface area contributed by atoms with Gasteiger partial charge in [0.1, 0.15) is 6.61 Å². The number of esters is 1. The Balaban J connectivity index is 1.52. The second kappa shape index (κ2) is 8.06. The van der Waals surface area contributed by atoms with E-state index in [0.717, 1.165) is 5.56 Å². The van der Waals surface area contributed by atoms with Crippen molar-refractivity contribution in [1.82, 2.24) is 9.55 Å². The van der Waals surface area contributed by atoms with Gasteiger partial charge in [-0.15, -0.1) is 0 Å². The number of carbonyl (C=O) groups is 1. The maximum absolute atomic E-state index is 12.3. The van der Waals surface area contributed by atoms with Crippen molar-refractivity contribution in [3.63, 3.8) is 0 Å². The molecule has 0 N–H and O–H groups in total. The fourth-order valence-electron chi connectivity index (χ4n) is 2.44. The van der Waals surface area contributed by atoms with Gasteiger partial charge in [0.05, 0.1) is 23.7 Å². The molecule has 0 amide bonds. The van der Waals surface area contributed by atoms with E-state index in [-0.39, 0.29) is 31.1 Å². The van der Waals surface area contributed by atoms with Gasteiger partial charge in [-0.2, -0.15) is 0 Å². The number of carbonyl (C=O) groups excluding carboxylic acids is 1. The number of hydrogen-bond donors (Lipinski definition) is 0. The summed E-state index contributed by atoms with van der Waals surface area (Å²) in [7, 11) is 0. The number of aryl methyl sites for hydroxylation is 1. The molecule has 0 unspecified atom stereocenters. The van der Waals surface area contributed by atoms with Crippen LogP contribution in [0.4, 0.5) is 0 Å². The number of benzene rings is 2. The molecule has 0 saturated carbocycles. The number of ether oxygens (including phenoxy) is 1. The molecule has 0 aliphatic carbocycles. The van der Waals surface area contributed by atoms with Crippen LogP contribution < -0.4 is 5.56 Å². The highest BCUT2D eigenvalue weighted by molar-refractivity contribution is 5.77. The van der Waals surface area contributed by atoms with Crippen LogP contribution >= 0.6 is 0 Å². The summed E-state index contributed by atoms with van der Waals surface area (Å²) in [5.74, 6) is -0.349. The van der Waals surface area contributed by atoms with Crippen molar-refractivity contribution in [2.24, 2.45) is 0 Å². The molecule has 1 heterocycles. The normalized spacial score (nSPS) is 11.0. The van der Waals surface area contributed by atoms with Crippen molar-refractivity contribution >= 4 is 22.9 Å². The second-order valence-corrected chi connectivity index (χ2v) is 5.51. The van der Waals surface area contributed by atoms with Gasteiger partial charge in [0, 0.05) is 6.54 Å². The molecular formula is C20H18N2O3. The Bertz CT molecular complexity index is 946. The summed E-state index contributed by atoms with van der Waals surface area (Å²) in [6, 6.07) is 16.9. The van der Waals surface area contributed by atoms with Crippen molar-refractivity contribution in [1.29, 1.82) is 0 Å². The Morgan fingerprint density at radius 1 is 1.08 bits per heavy atom. The lowest BCUT2D eigenvalue weighted by Crippen LogP contribution is -2.22. The number of nitrogens with zero attached hydrogens (tertiary/aromatic N) is 2. The molecule has 0 aliphatic heterocycles. The average Bonchev–Trinajstić information content (AvgIpc) is 2.66. The van der Waals surface area contributed by atoms with E-state index < -0.39 is 0 Å². The fourth-order valence-corrected chi connectivity index (χ4v) is 2.44. The molecule has 5 heteroatoms. The predicted octanol–water partition coefficient (Wildman–Crippen LogP) is 3.04. The zero-order valence-electron chi connectivity index (χ0n) is 13.7. The van der Waals surface area contributed by atoms with Gasteiger partial charge in [-0.1, -0.05) is 48.5 Å². The molecular weight excluding hydrogens is 316 g/mol. The van der Waals surface area contributed by atoms with Crippen molar-refractivity contribution < 1.29 is 9.53 Å². The Morgan fingerprint density at radius 2 is 1.84 bits per heavy atom. The molecule has 25 heavy (non-hydrogen) atoms. The van der Waals surface area contributed by atoms with Crippen LogP contribution in [-0.2, 0) is 16.1 Å². The van der Waals surface area contributed by atoms with Crippen LogP contribution in [0.3, 0.4) is 0 Å². The molecule has 0 atom stereocenters. The molecule has 5 nitrogen and oxygen atoms in total. The molecule has 0 fully saturated rings. The molecule has 0 saturated heterocycles. The quantitative estimate of drug-likeness (QED) is 0.650. The van der Waals surface area contributed by atoms with Gasteiger partial charge < -0.3 is 4.74 Å². The largest absolute Gasteiger partial charge is 0.461 e. The number of fused-ring (bicyclic) bond motifs is 1. The molecule has 0 bridgehead atoms. The summed E-state index contributed by atoms with van der Waals surface area (Å²) in [4.78, 5) is 28.4. The molecule has 0 aliphatic rings. The van der Waals surface area contributed by atoms with Crippen LogP contribution in [0.15, 0.2) is 71.8 Å². The van der Waals surface area contributed by atoms with E-state index in [4.69, 9.17) is 4.74 Å². The number of hydrogen-bond acceptors (Lipinski definition) is 4. The van der Waals surface area contributed by atoms with Gasteiger partial charge in [-0.3, -0.25) is 14.2 Å². The monoisotopic (exact) mass is 334 g/mol. The Morgan fingerprint density at radius 3 is 2.68 bits per heavy atom. The van der Waals surface area contributed by atoms with Crippen molar-refractivity contribution in [3.05, 3.63) is 82.9 Å². The first-order valence-electron chi connectivity index (χ1n) is 8.05. The van der Waals surface area contributed by atoms with Crippen molar-refractivity contribution in [2.45, 2.75) is 13.0 Å².